The summed E-state index contributed by atoms with van der Waals surface area (Å²) >= 11 is 0. The van der Waals surface area contributed by atoms with Crippen LogP contribution in [0.3, 0.4) is 0 Å². The lowest BCUT2D eigenvalue weighted by Gasteiger charge is -2.11. The third-order valence-electron chi connectivity index (χ3n) is 3.13. The fraction of sp³-hybridized carbons (Fsp3) is 0.583. The lowest BCUT2D eigenvalue weighted by molar-refractivity contribution is 0.0626. The molecule has 2 N–H and O–H groups in total. The molecule has 106 valence electrons. The molecule has 1 aromatic heterocycles. The van der Waals surface area contributed by atoms with Gasteiger partial charge < -0.3 is 9.72 Å². The highest BCUT2D eigenvalue weighted by atomic mass is 32.2. The molecule has 0 amide bonds. The molecule has 0 unspecified atom stereocenters. The van der Waals surface area contributed by atoms with Crippen LogP contribution in [0, 0.1) is 0 Å². The van der Waals surface area contributed by atoms with E-state index in [2.05, 4.69) is 9.71 Å². The second kappa shape index (κ2) is 6.31. The fourth-order valence-electron chi connectivity index (χ4n) is 2.15. The highest BCUT2D eigenvalue weighted by Gasteiger charge is 2.18. The number of sulfonamides is 1. The predicted molar refractivity (Wildman–Crippen MR) is 70.5 cm³/mol. The summed E-state index contributed by atoms with van der Waals surface area (Å²) in [5.74, 6) is 0. The number of rotatable bonds is 6. The molecular formula is C12H18N2O4S. The molecule has 1 aromatic rings. The monoisotopic (exact) mass is 286 g/mol. The number of hydrogen-bond acceptors (Lipinski definition) is 4. The molecular weight excluding hydrogens is 268 g/mol. The maximum absolute atomic E-state index is 11.9. The van der Waals surface area contributed by atoms with Crippen LogP contribution < -0.4 is 10.2 Å². The van der Waals surface area contributed by atoms with Gasteiger partial charge in [0.15, 0.2) is 0 Å². The van der Waals surface area contributed by atoms with Crippen molar-refractivity contribution in [2.45, 2.75) is 36.7 Å². The molecule has 0 bridgehead atoms. The average Bonchev–Trinajstić information content (AvgIpc) is 2.88. The smallest absolute Gasteiger partial charge is 0.245 e. The fourth-order valence-corrected chi connectivity index (χ4v) is 3.21. The lowest BCUT2D eigenvalue weighted by atomic mass is 10.3. The van der Waals surface area contributed by atoms with Crippen LogP contribution in [0.2, 0.25) is 0 Å². The standard InChI is InChI=1S/C12H18N2O4S/c15-11-5-6-13-9-12(11)19(16,17)14-7-8-18-10-3-1-2-4-10/h5-6,9-10,14H,1-4,7-8H2,(H,13,15). The summed E-state index contributed by atoms with van der Waals surface area (Å²) in [4.78, 5) is 13.8. The van der Waals surface area contributed by atoms with E-state index in [1.54, 1.807) is 0 Å². The Bertz CT molecular complexity index is 561. The Morgan fingerprint density at radius 1 is 1.37 bits per heavy atom. The minimum atomic E-state index is -3.76. The second-order valence-electron chi connectivity index (χ2n) is 4.55. The van der Waals surface area contributed by atoms with Crippen molar-refractivity contribution in [3.63, 3.8) is 0 Å². The number of nitrogens with one attached hydrogen (secondary N) is 2. The van der Waals surface area contributed by atoms with Crippen molar-refractivity contribution in [3.05, 3.63) is 28.7 Å². The van der Waals surface area contributed by atoms with Gasteiger partial charge in [-0.15, -0.1) is 0 Å². The molecule has 1 saturated carbocycles. The third-order valence-corrected chi connectivity index (χ3v) is 4.61. The Labute approximate surface area is 112 Å². The molecule has 2 rings (SSSR count). The van der Waals surface area contributed by atoms with Gasteiger partial charge in [-0.1, -0.05) is 12.8 Å². The maximum Gasteiger partial charge on any atom is 0.245 e. The van der Waals surface area contributed by atoms with E-state index >= 15 is 0 Å². The van der Waals surface area contributed by atoms with Gasteiger partial charge in [-0.3, -0.25) is 4.79 Å². The van der Waals surface area contributed by atoms with Crippen LogP contribution in [0.5, 0.6) is 0 Å². The highest BCUT2D eigenvalue weighted by Crippen LogP contribution is 2.20. The van der Waals surface area contributed by atoms with Gasteiger partial charge in [0.25, 0.3) is 0 Å². The summed E-state index contributed by atoms with van der Waals surface area (Å²) in [6, 6.07) is 1.18. The summed E-state index contributed by atoms with van der Waals surface area (Å²) in [7, 11) is -3.76. The van der Waals surface area contributed by atoms with Gasteiger partial charge in [0.2, 0.25) is 15.5 Å². The summed E-state index contributed by atoms with van der Waals surface area (Å²) in [5, 5.41) is 0. The van der Waals surface area contributed by atoms with Crippen LogP contribution in [-0.4, -0.2) is 32.7 Å². The molecule has 0 radical (unpaired) electrons. The molecule has 1 heterocycles. The van der Waals surface area contributed by atoms with Crippen LogP contribution in [0.4, 0.5) is 0 Å². The zero-order valence-electron chi connectivity index (χ0n) is 10.6. The first-order chi connectivity index (χ1) is 9.09. The summed E-state index contributed by atoms with van der Waals surface area (Å²) in [6.45, 7) is 0.502. The minimum absolute atomic E-state index is 0.174. The van der Waals surface area contributed by atoms with Crippen LogP contribution in [0.1, 0.15) is 25.7 Å². The van der Waals surface area contributed by atoms with Crippen molar-refractivity contribution in [2.75, 3.05) is 13.2 Å². The Morgan fingerprint density at radius 3 is 2.79 bits per heavy atom. The number of aromatic nitrogens is 1. The van der Waals surface area contributed by atoms with E-state index in [4.69, 9.17) is 4.74 Å². The summed E-state index contributed by atoms with van der Waals surface area (Å²) in [5.41, 5.74) is -0.525. The van der Waals surface area contributed by atoms with E-state index in [1.165, 1.54) is 31.3 Å². The molecule has 1 aliphatic carbocycles. The molecule has 7 heteroatoms. The van der Waals surface area contributed by atoms with E-state index in [0.29, 0.717) is 6.61 Å². The SMILES string of the molecule is O=c1cc[nH]cc1S(=O)(=O)NCCOC1CCCC1. The summed E-state index contributed by atoms with van der Waals surface area (Å²) < 4.78 is 31.6. The Kier molecular flexibility index (Phi) is 4.73. The molecule has 0 saturated heterocycles. The average molecular weight is 286 g/mol. The predicted octanol–water partition coefficient (Wildman–Crippen LogP) is 0.612. The van der Waals surface area contributed by atoms with Crippen molar-refractivity contribution in [1.29, 1.82) is 0 Å². The van der Waals surface area contributed by atoms with Gasteiger partial charge in [-0.2, -0.15) is 0 Å². The Balaban J connectivity index is 1.84. The quantitative estimate of drug-likeness (QED) is 0.750. The molecule has 0 spiro atoms. The van der Waals surface area contributed by atoms with Gasteiger partial charge in [-0.05, 0) is 12.8 Å². The maximum atomic E-state index is 11.9. The molecule has 1 aliphatic rings. The lowest BCUT2D eigenvalue weighted by Crippen LogP contribution is -2.31. The van der Waals surface area contributed by atoms with Crippen molar-refractivity contribution < 1.29 is 13.2 Å². The molecule has 0 atom stereocenters. The first-order valence-corrected chi connectivity index (χ1v) is 7.86. The van der Waals surface area contributed by atoms with Gasteiger partial charge in [-0.25, -0.2) is 13.1 Å². The zero-order valence-corrected chi connectivity index (χ0v) is 11.4. The van der Waals surface area contributed by atoms with Crippen LogP contribution in [0.15, 0.2) is 28.2 Å². The minimum Gasteiger partial charge on any atom is -0.377 e. The van der Waals surface area contributed by atoms with E-state index in [9.17, 15) is 13.2 Å². The van der Waals surface area contributed by atoms with Crippen LogP contribution in [-0.2, 0) is 14.8 Å². The molecule has 6 nitrogen and oxygen atoms in total. The molecule has 0 aliphatic heterocycles. The topological polar surface area (TPSA) is 88.3 Å². The molecule has 0 aromatic carbocycles. The summed E-state index contributed by atoms with van der Waals surface area (Å²) in [6.07, 6.45) is 7.28. The van der Waals surface area contributed by atoms with Crippen molar-refractivity contribution >= 4 is 10.0 Å². The first-order valence-electron chi connectivity index (χ1n) is 6.38. The number of pyridine rings is 1. The van der Waals surface area contributed by atoms with Gasteiger partial charge in [0, 0.05) is 25.0 Å². The number of hydrogen-bond donors (Lipinski definition) is 2. The number of aromatic amines is 1. The zero-order chi connectivity index (χ0) is 13.7. The van der Waals surface area contributed by atoms with E-state index in [0.717, 1.165) is 12.8 Å². The Morgan fingerprint density at radius 2 is 2.11 bits per heavy atom. The van der Waals surface area contributed by atoms with E-state index in [-0.39, 0.29) is 17.5 Å². The largest absolute Gasteiger partial charge is 0.377 e. The van der Waals surface area contributed by atoms with Crippen molar-refractivity contribution in [2.24, 2.45) is 0 Å². The highest BCUT2D eigenvalue weighted by molar-refractivity contribution is 7.89. The van der Waals surface area contributed by atoms with Crippen LogP contribution >= 0.6 is 0 Å². The van der Waals surface area contributed by atoms with Gasteiger partial charge in [0.1, 0.15) is 4.90 Å². The Hall–Kier alpha value is -1.18. The van der Waals surface area contributed by atoms with Gasteiger partial charge >= 0.3 is 0 Å². The van der Waals surface area contributed by atoms with Gasteiger partial charge in [0.05, 0.1) is 12.7 Å². The van der Waals surface area contributed by atoms with E-state index in [1.807, 2.05) is 0 Å². The molecule has 19 heavy (non-hydrogen) atoms. The second-order valence-corrected chi connectivity index (χ2v) is 6.28. The van der Waals surface area contributed by atoms with E-state index < -0.39 is 15.5 Å². The van der Waals surface area contributed by atoms with Crippen LogP contribution in [0.25, 0.3) is 0 Å². The number of ether oxygens (including phenoxy) is 1. The molecule has 1 fully saturated rings. The third kappa shape index (κ3) is 3.89. The normalized spacial score (nSPS) is 16.8. The number of H-pyrrole nitrogens is 1. The van der Waals surface area contributed by atoms with Crippen molar-refractivity contribution in [1.82, 2.24) is 9.71 Å². The first kappa shape index (κ1) is 14.2. The van der Waals surface area contributed by atoms with Crippen molar-refractivity contribution in [3.8, 4) is 0 Å².